The van der Waals surface area contributed by atoms with Gasteiger partial charge < -0.3 is 5.32 Å². The topological polar surface area (TPSA) is 29.1 Å². The third-order valence-electron chi connectivity index (χ3n) is 10.7. The first-order valence-electron chi connectivity index (χ1n) is 13.6. The molecule has 0 radical (unpaired) electrons. The molecule has 8 atom stereocenters. The van der Waals surface area contributed by atoms with Gasteiger partial charge in [-0.05, 0) is 97.7 Å². The minimum absolute atomic E-state index is 0.135. The molecule has 0 bridgehead atoms. The number of hydrogen-bond acceptors (Lipinski definition) is 1. The zero-order valence-electron chi connectivity index (χ0n) is 21.3. The van der Waals surface area contributed by atoms with E-state index in [4.69, 9.17) is 0 Å². The van der Waals surface area contributed by atoms with E-state index in [1.54, 1.807) is 12.5 Å². The van der Waals surface area contributed by atoms with E-state index in [-0.39, 0.29) is 5.91 Å². The van der Waals surface area contributed by atoms with Crippen LogP contribution in [-0.4, -0.2) is 11.9 Å². The van der Waals surface area contributed by atoms with Gasteiger partial charge in [0.25, 0.3) is 0 Å². The summed E-state index contributed by atoms with van der Waals surface area (Å²) in [6.07, 6.45) is 17.6. The Kier molecular flexibility index (Phi) is 6.68. The standard InChI is InChI=1S/C29H49NO/c1-19(2)8-7-9-20(3)25-12-13-26-24-11-10-22-18-23(30-21(4)31)14-16-28(22,5)27(24)15-17-29(25,26)6/h10,19-20,23-27H,7-9,11-18H2,1-6H3,(H,30,31)/t20-,23+,24-,25+,26-,27-,28-,29+/m0/s1. The van der Waals surface area contributed by atoms with Crippen molar-refractivity contribution in [3.63, 3.8) is 0 Å². The van der Waals surface area contributed by atoms with Crippen molar-refractivity contribution in [2.45, 2.75) is 118 Å². The first-order valence-corrected chi connectivity index (χ1v) is 13.6. The fraction of sp³-hybridized carbons (Fsp3) is 0.897. The van der Waals surface area contributed by atoms with Crippen LogP contribution in [0.2, 0.25) is 0 Å². The van der Waals surface area contributed by atoms with E-state index < -0.39 is 0 Å². The van der Waals surface area contributed by atoms with Crippen LogP contribution in [0.25, 0.3) is 0 Å². The summed E-state index contributed by atoms with van der Waals surface area (Å²) in [4.78, 5) is 11.6. The third-order valence-corrected chi connectivity index (χ3v) is 10.7. The predicted molar refractivity (Wildman–Crippen MR) is 131 cm³/mol. The fourth-order valence-electron chi connectivity index (χ4n) is 9.10. The molecule has 0 spiro atoms. The SMILES string of the molecule is CC(=O)N[C@@H]1CC[C@@]2(C)C(=CC[C@H]3[C@@H]4CC[C@H]([C@@H](C)CCCC(C)C)[C@@]4(C)CC[C@@H]32)C1. The highest BCUT2D eigenvalue weighted by molar-refractivity contribution is 5.73. The Labute approximate surface area is 192 Å². The molecule has 31 heavy (non-hydrogen) atoms. The van der Waals surface area contributed by atoms with Crippen LogP contribution in [0.4, 0.5) is 0 Å². The Morgan fingerprint density at radius 2 is 1.84 bits per heavy atom. The lowest BCUT2D eigenvalue weighted by Crippen LogP contribution is -2.52. The molecule has 0 aromatic heterocycles. The lowest BCUT2D eigenvalue weighted by Gasteiger charge is -2.58. The minimum Gasteiger partial charge on any atom is -0.353 e. The maximum absolute atomic E-state index is 11.6. The molecule has 2 heteroatoms. The van der Waals surface area contributed by atoms with Gasteiger partial charge in [0.15, 0.2) is 0 Å². The first-order chi connectivity index (χ1) is 14.6. The molecular weight excluding hydrogens is 378 g/mol. The average molecular weight is 428 g/mol. The molecule has 0 aromatic rings. The molecule has 176 valence electrons. The maximum Gasteiger partial charge on any atom is 0.217 e. The normalized spacial score (nSPS) is 42.9. The van der Waals surface area contributed by atoms with Gasteiger partial charge in [-0.15, -0.1) is 0 Å². The lowest BCUT2D eigenvalue weighted by molar-refractivity contribution is -0.120. The zero-order chi connectivity index (χ0) is 22.4. The lowest BCUT2D eigenvalue weighted by atomic mass is 9.47. The summed E-state index contributed by atoms with van der Waals surface area (Å²) in [5.74, 6) is 5.53. The highest BCUT2D eigenvalue weighted by Gasteiger charge is 2.59. The van der Waals surface area contributed by atoms with Gasteiger partial charge >= 0.3 is 0 Å². The molecule has 4 aliphatic rings. The summed E-state index contributed by atoms with van der Waals surface area (Å²) in [5.41, 5.74) is 2.65. The summed E-state index contributed by atoms with van der Waals surface area (Å²) >= 11 is 0. The number of carbonyl (C=O) groups excluding carboxylic acids is 1. The van der Waals surface area contributed by atoms with E-state index in [9.17, 15) is 4.79 Å². The molecule has 3 fully saturated rings. The minimum atomic E-state index is 0.135. The van der Waals surface area contributed by atoms with Gasteiger partial charge in [-0.2, -0.15) is 0 Å². The van der Waals surface area contributed by atoms with Gasteiger partial charge in [0.1, 0.15) is 0 Å². The van der Waals surface area contributed by atoms with Crippen molar-refractivity contribution in [1.29, 1.82) is 0 Å². The van der Waals surface area contributed by atoms with Crippen LogP contribution in [-0.2, 0) is 4.79 Å². The molecular formula is C29H49NO. The van der Waals surface area contributed by atoms with E-state index in [1.165, 1.54) is 57.8 Å². The van der Waals surface area contributed by atoms with E-state index in [0.29, 0.717) is 16.9 Å². The number of fused-ring (bicyclic) bond motifs is 5. The van der Waals surface area contributed by atoms with Crippen molar-refractivity contribution in [2.24, 2.45) is 46.3 Å². The van der Waals surface area contributed by atoms with Crippen molar-refractivity contribution >= 4 is 5.91 Å². The van der Waals surface area contributed by atoms with Gasteiger partial charge in [0, 0.05) is 13.0 Å². The maximum atomic E-state index is 11.6. The molecule has 4 aliphatic carbocycles. The fourth-order valence-corrected chi connectivity index (χ4v) is 9.10. The second-order valence-corrected chi connectivity index (χ2v) is 12.9. The Hall–Kier alpha value is -0.790. The molecule has 0 aromatic carbocycles. The molecule has 1 N–H and O–H groups in total. The Bertz CT molecular complexity index is 695. The van der Waals surface area contributed by atoms with E-state index in [1.807, 2.05) is 0 Å². The highest BCUT2D eigenvalue weighted by atomic mass is 16.1. The number of nitrogens with one attached hydrogen (secondary N) is 1. The van der Waals surface area contributed by atoms with Crippen molar-refractivity contribution in [3.8, 4) is 0 Å². The van der Waals surface area contributed by atoms with Crippen molar-refractivity contribution in [2.75, 3.05) is 0 Å². The Morgan fingerprint density at radius 3 is 2.55 bits per heavy atom. The smallest absolute Gasteiger partial charge is 0.217 e. The molecule has 3 saturated carbocycles. The molecule has 2 nitrogen and oxygen atoms in total. The van der Waals surface area contributed by atoms with Crippen molar-refractivity contribution in [3.05, 3.63) is 11.6 Å². The molecule has 1 amide bonds. The van der Waals surface area contributed by atoms with E-state index in [0.717, 1.165) is 48.3 Å². The molecule has 0 saturated heterocycles. The van der Waals surface area contributed by atoms with Gasteiger partial charge in [0.05, 0.1) is 0 Å². The van der Waals surface area contributed by atoms with Crippen LogP contribution in [0.15, 0.2) is 11.6 Å². The monoisotopic (exact) mass is 427 g/mol. The Morgan fingerprint density at radius 1 is 1.06 bits per heavy atom. The highest BCUT2D eigenvalue weighted by Crippen LogP contribution is 2.67. The summed E-state index contributed by atoms with van der Waals surface area (Å²) in [7, 11) is 0. The molecule has 0 aliphatic heterocycles. The number of rotatable bonds is 6. The number of hydrogen-bond donors (Lipinski definition) is 1. The van der Waals surface area contributed by atoms with Crippen molar-refractivity contribution < 1.29 is 4.79 Å². The second kappa shape index (κ2) is 8.86. The summed E-state index contributed by atoms with van der Waals surface area (Å²) < 4.78 is 0. The van der Waals surface area contributed by atoms with Gasteiger partial charge in [-0.1, -0.05) is 65.5 Å². The zero-order valence-corrected chi connectivity index (χ0v) is 21.3. The van der Waals surface area contributed by atoms with Crippen LogP contribution < -0.4 is 5.32 Å². The van der Waals surface area contributed by atoms with Crippen molar-refractivity contribution in [1.82, 2.24) is 5.32 Å². The van der Waals surface area contributed by atoms with E-state index >= 15 is 0 Å². The second-order valence-electron chi connectivity index (χ2n) is 12.9. The third kappa shape index (κ3) is 4.26. The number of allylic oxidation sites excluding steroid dienone is 1. The first kappa shape index (κ1) is 23.4. The quantitative estimate of drug-likeness (QED) is 0.436. The van der Waals surface area contributed by atoms with Crippen LogP contribution in [0.3, 0.4) is 0 Å². The predicted octanol–water partition coefficient (Wildman–Crippen LogP) is 7.53. The van der Waals surface area contributed by atoms with Crippen LogP contribution in [0.1, 0.15) is 112 Å². The Balaban J connectivity index is 1.47. The summed E-state index contributed by atoms with van der Waals surface area (Å²) in [5, 5.41) is 3.21. The van der Waals surface area contributed by atoms with Crippen LogP contribution >= 0.6 is 0 Å². The van der Waals surface area contributed by atoms with E-state index in [2.05, 4.69) is 46.0 Å². The largest absolute Gasteiger partial charge is 0.353 e. The summed E-state index contributed by atoms with van der Waals surface area (Å²) in [6.45, 7) is 14.3. The average Bonchev–Trinajstić information content (AvgIpc) is 3.05. The number of amides is 1. The van der Waals surface area contributed by atoms with Crippen LogP contribution in [0, 0.1) is 46.3 Å². The van der Waals surface area contributed by atoms with Crippen LogP contribution in [0.5, 0.6) is 0 Å². The number of carbonyl (C=O) groups is 1. The van der Waals surface area contributed by atoms with Gasteiger partial charge in [-0.25, -0.2) is 0 Å². The molecule has 0 heterocycles. The van der Waals surface area contributed by atoms with Gasteiger partial charge in [-0.3, -0.25) is 4.79 Å². The van der Waals surface area contributed by atoms with Gasteiger partial charge in [0.2, 0.25) is 5.91 Å². The molecule has 0 unspecified atom stereocenters. The molecule has 4 rings (SSSR count). The summed E-state index contributed by atoms with van der Waals surface area (Å²) in [6, 6.07) is 0.366.